The second kappa shape index (κ2) is 9.30. The summed E-state index contributed by atoms with van der Waals surface area (Å²) in [5.74, 6) is 1.71. The number of hydrogen-bond acceptors (Lipinski definition) is 4. The normalized spacial score (nSPS) is 46.6. The molecule has 0 aromatic heterocycles. The monoisotopic (exact) mass is 528 g/mol. The Morgan fingerprint density at radius 2 is 1.56 bits per heavy atom. The third-order valence-corrected chi connectivity index (χ3v) is 14.0. The van der Waals surface area contributed by atoms with Crippen molar-refractivity contribution in [1.29, 1.82) is 0 Å². The van der Waals surface area contributed by atoms with E-state index in [-0.39, 0.29) is 46.5 Å². The molecular weight excluding hydrogens is 475 g/mol. The Morgan fingerprint density at radius 3 is 2.17 bits per heavy atom. The maximum Gasteiger partial charge on any atom is 0.326 e. The van der Waals surface area contributed by atoms with Crippen LogP contribution in [0.1, 0.15) is 99.8 Å². The minimum atomic E-state index is -4.13. The minimum Gasteiger partial charge on any atom is -0.393 e. The molecule has 4 saturated carbocycles. The third kappa shape index (κ3) is 4.68. The van der Waals surface area contributed by atoms with Crippen LogP contribution >= 0.6 is 7.60 Å². The van der Waals surface area contributed by atoms with Crippen molar-refractivity contribution in [3.05, 3.63) is 0 Å². The lowest BCUT2D eigenvalue weighted by molar-refractivity contribution is -0.207. The van der Waals surface area contributed by atoms with Crippen LogP contribution in [0.15, 0.2) is 0 Å². The molecule has 0 aromatic rings. The maximum atomic E-state index is 11.9. The summed E-state index contributed by atoms with van der Waals surface area (Å²) in [7, 11) is -4.13. The zero-order valence-electron chi connectivity index (χ0n) is 23.7. The van der Waals surface area contributed by atoms with E-state index >= 15 is 0 Å². The molecule has 6 nitrogen and oxygen atoms in total. The Kier molecular flexibility index (Phi) is 7.50. The Morgan fingerprint density at radius 1 is 0.917 bits per heavy atom. The lowest BCUT2D eigenvalue weighted by Crippen LogP contribution is -2.62. The highest BCUT2D eigenvalue weighted by molar-refractivity contribution is 7.51. The van der Waals surface area contributed by atoms with Gasteiger partial charge in [-0.15, -0.1) is 0 Å². The number of hydrogen-bond donors (Lipinski definition) is 5. The van der Waals surface area contributed by atoms with Crippen LogP contribution in [0.5, 0.6) is 0 Å². The molecule has 0 spiro atoms. The first-order chi connectivity index (χ1) is 16.3. The molecule has 5 N–H and O–H groups in total. The fraction of sp³-hybridized carbons (Fsp3) is 1.00. The van der Waals surface area contributed by atoms with Crippen LogP contribution in [0, 0.1) is 57.2 Å². The molecule has 210 valence electrons. The highest BCUT2D eigenvalue weighted by atomic mass is 31.2. The molecule has 0 bridgehead atoms. The summed E-state index contributed by atoms with van der Waals surface area (Å²) in [6.45, 7) is 15.1. The van der Waals surface area contributed by atoms with Crippen molar-refractivity contribution < 1.29 is 29.7 Å². The summed E-state index contributed by atoms with van der Waals surface area (Å²) < 4.78 is 11.9. The van der Waals surface area contributed by atoms with Gasteiger partial charge in [0, 0.05) is 0 Å². The predicted molar refractivity (Wildman–Crippen MR) is 142 cm³/mol. The van der Waals surface area contributed by atoms with Gasteiger partial charge in [-0.3, -0.25) is 4.57 Å². The summed E-state index contributed by atoms with van der Waals surface area (Å²) in [5.41, 5.74) is -0.992. The molecule has 7 heteroatoms. The molecule has 4 aliphatic rings. The van der Waals surface area contributed by atoms with Crippen molar-refractivity contribution in [3.8, 4) is 0 Å². The van der Waals surface area contributed by atoms with Crippen molar-refractivity contribution in [1.82, 2.24) is 0 Å². The van der Waals surface area contributed by atoms with Gasteiger partial charge in [-0.05, 0) is 109 Å². The summed E-state index contributed by atoms with van der Waals surface area (Å²) >= 11 is 0. The van der Waals surface area contributed by atoms with Crippen LogP contribution in [0.4, 0.5) is 0 Å². The zero-order valence-corrected chi connectivity index (χ0v) is 24.5. The van der Waals surface area contributed by atoms with Crippen molar-refractivity contribution >= 4 is 7.60 Å². The lowest BCUT2D eigenvalue weighted by Gasteiger charge is -2.63. The van der Waals surface area contributed by atoms with Crippen LogP contribution in [0.2, 0.25) is 0 Å². The van der Waals surface area contributed by atoms with Gasteiger partial charge in [-0.2, -0.15) is 0 Å². The average molecular weight is 529 g/mol. The molecule has 0 saturated heterocycles. The topological polar surface area (TPSA) is 118 Å². The van der Waals surface area contributed by atoms with Crippen molar-refractivity contribution in [2.75, 3.05) is 6.16 Å². The highest BCUT2D eigenvalue weighted by Crippen LogP contribution is 2.69. The molecule has 4 rings (SSSR count). The van der Waals surface area contributed by atoms with Gasteiger partial charge in [0.15, 0.2) is 0 Å². The second-order valence-electron chi connectivity index (χ2n) is 15.3. The first-order valence-corrected chi connectivity index (χ1v) is 16.2. The first kappa shape index (κ1) is 29.0. The van der Waals surface area contributed by atoms with Gasteiger partial charge < -0.3 is 25.1 Å². The summed E-state index contributed by atoms with van der Waals surface area (Å²) in [5, 5.41) is 33.6. The van der Waals surface area contributed by atoms with Crippen molar-refractivity contribution in [2.24, 2.45) is 57.2 Å². The van der Waals surface area contributed by atoms with E-state index in [1.165, 1.54) is 0 Å². The SMILES string of the molecule is C[C@H](CC(C)(C)C(C)(C)CP(=O)(O)O)[C@H]1CC[C@H]2C3[C@H](O)CC4C[C@H](O)CCC4(C)[C@H]3C[C@H](O)C12C. The lowest BCUT2D eigenvalue weighted by atomic mass is 9.43. The summed E-state index contributed by atoms with van der Waals surface area (Å²) in [6, 6.07) is 0. The third-order valence-electron chi connectivity index (χ3n) is 12.8. The van der Waals surface area contributed by atoms with Crippen LogP contribution < -0.4 is 0 Å². The second-order valence-corrected chi connectivity index (χ2v) is 16.9. The number of fused-ring (bicyclic) bond motifs is 5. The van der Waals surface area contributed by atoms with E-state index in [2.05, 4.69) is 34.6 Å². The van der Waals surface area contributed by atoms with Crippen molar-refractivity contribution in [3.63, 3.8) is 0 Å². The molecule has 0 radical (unpaired) electrons. The molecule has 4 fully saturated rings. The molecular formula is C29H53O6P. The van der Waals surface area contributed by atoms with Gasteiger partial charge in [0.25, 0.3) is 0 Å². The first-order valence-electron chi connectivity index (χ1n) is 14.4. The van der Waals surface area contributed by atoms with E-state index in [9.17, 15) is 29.7 Å². The molecule has 4 aliphatic carbocycles. The maximum absolute atomic E-state index is 11.9. The molecule has 11 atom stereocenters. The van der Waals surface area contributed by atoms with Gasteiger partial charge >= 0.3 is 7.60 Å². The molecule has 36 heavy (non-hydrogen) atoms. The molecule has 0 aromatic carbocycles. The zero-order chi connectivity index (χ0) is 27.1. The van der Waals surface area contributed by atoms with Crippen LogP contribution in [-0.4, -0.2) is 49.6 Å². The highest BCUT2D eigenvalue weighted by Gasteiger charge is 2.66. The standard InChI is InChI=1S/C29H53O6P/c1-17(15-26(2,3)27(4,5)16-36(33,34)35)20-8-9-21-25-22(14-24(32)29(20,21)7)28(6)11-10-19(30)12-18(28)13-23(25)31/h17-25,30-32H,8-16H2,1-7H3,(H2,33,34,35)/t17-,18?,19-,20-,21+,22+,23-,24+,25?,28?,29?/m1/s1. The Bertz CT molecular complexity index is 868. The van der Waals surface area contributed by atoms with Gasteiger partial charge in [-0.25, -0.2) is 0 Å². The number of rotatable bonds is 6. The average Bonchev–Trinajstić information content (AvgIpc) is 3.06. The predicted octanol–water partition coefficient (Wildman–Crippen LogP) is 5.20. The summed E-state index contributed by atoms with van der Waals surface area (Å²) in [6.07, 6.45) is 5.78. The Labute approximate surface area is 218 Å². The molecule has 0 amide bonds. The fourth-order valence-corrected chi connectivity index (χ4v) is 11.5. The van der Waals surface area contributed by atoms with E-state index in [0.29, 0.717) is 23.7 Å². The Hall–Kier alpha value is 0.0300. The fourth-order valence-electron chi connectivity index (χ4n) is 10.1. The van der Waals surface area contributed by atoms with Gasteiger partial charge in [0.05, 0.1) is 24.5 Å². The van der Waals surface area contributed by atoms with E-state index in [4.69, 9.17) is 0 Å². The minimum absolute atomic E-state index is 0.0731. The largest absolute Gasteiger partial charge is 0.393 e. The van der Waals surface area contributed by atoms with Crippen LogP contribution in [0.25, 0.3) is 0 Å². The van der Waals surface area contributed by atoms with E-state index in [0.717, 1.165) is 51.4 Å². The van der Waals surface area contributed by atoms with Gasteiger partial charge in [0.1, 0.15) is 0 Å². The van der Waals surface area contributed by atoms with E-state index in [1.807, 2.05) is 13.8 Å². The number of aliphatic hydroxyl groups is 3. The van der Waals surface area contributed by atoms with Crippen LogP contribution in [0.3, 0.4) is 0 Å². The number of aliphatic hydroxyl groups excluding tert-OH is 3. The molecule has 0 heterocycles. The van der Waals surface area contributed by atoms with E-state index in [1.54, 1.807) is 0 Å². The van der Waals surface area contributed by atoms with Gasteiger partial charge in [-0.1, -0.05) is 48.5 Å². The molecule has 4 unspecified atom stereocenters. The van der Waals surface area contributed by atoms with Crippen molar-refractivity contribution in [2.45, 2.75) is 118 Å². The van der Waals surface area contributed by atoms with Gasteiger partial charge in [0.2, 0.25) is 0 Å². The summed E-state index contributed by atoms with van der Waals surface area (Å²) in [4.78, 5) is 19.4. The van der Waals surface area contributed by atoms with Crippen LogP contribution in [-0.2, 0) is 4.57 Å². The molecule has 0 aliphatic heterocycles. The Balaban J connectivity index is 1.57. The quantitative estimate of drug-likeness (QED) is 0.302. The smallest absolute Gasteiger partial charge is 0.326 e. The van der Waals surface area contributed by atoms with E-state index < -0.39 is 19.1 Å².